The summed E-state index contributed by atoms with van der Waals surface area (Å²) in [5.74, 6) is -0.0580. The molecule has 0 N–H and O–H groups in total. The second-order valence-corrected chi connectivity index (χ2v) is 4.44. The van der Waals surface area contributed by atoms with Crippen LogP contribution in [0.25, 0.3) is 6.08 Å². The highest BCUT2D eigenvalue weighted by Crippen LogP contribution is 2.16. The second-order valence-electron chi connectivity index (χ2n) is 4.44. The van der Waals surface area contributed by atoms with Crippen molar-refractivity contribution in [1.29, 1.82) is 0 Å². The molecule has 1 aliphatic rings. The van der Waals surface area contributed by atoms with Crippen molar-refractivity contribution >= 4 is 17.7 Å². The third-order valence-electron chi connectivity index (χ3n) is 3.00. The zero-order valence-corrected chi connectivity index (χ0v) is 11.0. The van der Waals surface area contributed by atoms with Crippen LogP contribution in [0.2, 0.25) is 0 Å². The molecular weight excluding hydrogens is 264 g/mol. The smallest absolute Gasteiger partial charge is 0.401 e. The molecule has 0 amide bonds. The Balaban J connectivity index is 1.77. The summed E-state index contributed by atoms with van der Waals surface area (Å²) in [6, 6.07) is 2.72. The molecular formula is C13H16N2O5. The van der Waals surface area contributed by atoms with Crippen molar-refractivity contribution in [2.45, 2.75) is 6.42 Å². The summed E-state index contributed by atoms with van der Waals surface area (Å²) >= 11 is 0. The van der Waals surface area contributed by atoms with Crippen LogP contribution in [0.1, 0.15) is 12.2 Å². The van der Waals surface area contributed by atoms with Crippen molar-refractivity contribution in [3.05, 3.63) is 34.1 Å². The monoisotopic (exact) mass is 280 g/mol. The minimum Gasteiger partial charge on any atom is -0.401 e. The number of nitro groups is 1. The molecule has 0 bridgehead atoms. The lowest BCUT2D eigenvalue weighted by Crippen LogP contribution is -2.37. The Hall–Kier alpha value is -1.99. The van der Waals surface area contributed by atoms with Crippen LogP contribution in [-0.4, -0.2) is 48.5 Å². The molecule has 20 heavy (non-hydrogen) atoms. The van der Waals surface area contributed by atoms with Gasteiger partial charge in [0.05, 0.1) is 19.3 Å². The molecule has 7 nitrogen and oxygen atoms in total. The largest absolute Gasteiger partial charge is 0.433 e. The third-order valence-corrected chi connectivity index (χ3v) is 3.00. The summed E-state index contributed by atoms with van der Waals surface area (Å²) < 4.78 is 10.2. The van der Waals surface area contributed by atoms with Gasteiger partial charge in [-0.3, -0.25) is 19.8 Å². The van der Waals surface area contributed by atoms with Crippen LogP contribution in [0.15, 0.2) is 22.6 Å². The SMILES string of the molecule is O=C(/C=C/c1ccc([N+](=O)[O-])o1)CCN1CCOCC1. The number of nitrogens with zero attached hydrogens (tertiary/aromatic N) is 2. The number of hydrogen-bond acceptors (Lipinski definition) is 6. The van der Waals surface area contributed by atoms with Gasteiger partial charge in [-0.25, -0.2) is 0 Å². The lowest BCUT2D eigenvalue weighted by atomic mass is 10.2. The Bertz CT molecular complexity index is 503. The Morgan fingerprint density at radius 1 is 1.40 bits per heavy atom. The molecule has 1 aromatic heterocycles. The zero-order valence-electron chi connectivity index (χ0n) is 11.0. The zero-order chi connectivity index (χ0) is 14.4. The highest BCUT2D eigenvalue weighted by molar-refractivity contribution is 5.93. The van der Waals surface area contributed by atoms with E-state index < -0.39 is 4.92 Å². The molecule has 2 heterocycles. The van der Waals surface area contributed by atoms with Gasteiger partial charge < -0.3 is 9.15 Å². The first kappa shape index (κ1) is 14.4. The maximum absolute atomic E-state index is 11.7. The minimum absolute atomic E-state index is 0.0319. The summed E-state index contributed by atoms with van der Waals surface area (Å²) in [7, 11) is 0. The molecule has 0 aromatic carbocycles. The molecule has 1 fully saturated rings. The molecule has 2 rings (SSSR count). The average molecular weight is 280 g/mol. The molecule has 1 saturated heterocycles. The molecule has 1 aliphatic heterocycles. The summed E-state index contributed by atoms with van der Waals surface area (Å²) in [6.07, 6.45) is 3.26. The Labute approximate surface area is 116 Å². The summed E-state index contributed by atoms with van der Waals surface area (Å²) in [4.78, 5) is 23.7. The van der Waals surface area contributed by atoms with Crippen LogP contribution in [0.4, 0.5) is 5.88 Å². The van der Waals surface area contributed by atoms with Gasteiger partial charge in [0.15, 0.2) is 5.78 Å². The fraction of sp³-hybridized carbons (Fsp3) is 0.462. The molecule has 0 atom stereocenters. The van der Waals surface area contributed by atoms with E-state index in [1.807, 2.05) is 0 Å². The van der Waals surface area contributed by atoms with Crippen LogP contribution in [-0.2, 0) is 9.53 Å². The van der Waals surface area contributed by atoms with Crippen molar-refractivity contribution < 1.29 is 18.9 Å². The van der Waals surface area contributed by atoms with Gasteiger partial charge in [0, 0.05) is 26.1 Å². The van der Waals surface area contributed by atoms with Gasteiger partial charge in [0.25, 0.3) is 0 Å². The topological polar surface area (TPSA) is 85.8 Å². The Kier molecular flexibility index (Phi) is 5.03. The molecule has 1 aromatic rings. The highest BCUT2D eigenvalue weighted by Gasteiger charge is 2.12. The number of hydrogen-bond donors (Lipinski definition) is 0. The van der Waals surface area contributed by atoms with Gasteiger partial charge in [0.2, 0.25) is 0 Å². The van der Waals surface area contributed by atoms with Crippen LogP contribution in [0, 0.1) is 10.1 Å². The van der Waals surface area contributed by atoms with Gasteiger partial charge in [0.1, 0.15) is 10.7 Å². The fourth-order valence-electron chi connectivity index (χ4n) is 1.88. The first-order chi connectivity index (χ1) is 9.65. The van der Waals surface area contributed by atoms with Crippen molar-refractivity contribution in [2.75, 3.05) is 32.8 Å². The normalized spacial score (nSPS) is 16.6. The molecule has 0 aliphatic carbocycles. The minimum atomic E-state index is -0.614. The van der Waals surface area contributed by atoms with E-state index >= 15 is 0 Å². The average Bonchev–Trinajstić information content (AvgIpc) is 2.93. The van der Waals surface area contributed by atoms with Gasteiger partial charge in [-0.1, -0.05) is 0 Å². The Morgan fingerprint density at radius 3 is 2.80 bits per heavy atom. The molecule has 0 saturated carbocycles. The number of morpholine rings is 1. The van der Waals surface area contributed by atoms with Gasteiger partial charge in [-0.2, -0.15) is 0 Å². The number of ketones is 1. The van der Waals surface area contributed by atoms with Gasteiger partial charge in [-0.05, 0) is 18.2 Å². The highest BCUT2D eigenvalue weighted by atomic mass is 16.6. The predicted molar refractivity (Wildman–Crippen MR) is 71.3 cm³/mol. The lowest BCUT2D eigenvalue weighted by Gasteiger charge is -2.25. The molecule has 7 heteroatoms. The van der Waals surface area contributed by atoms with Crippen LogP contribution < -0.4 is 0 Å². The standard InChI is InChI=1S/C13H16N2O5/c16-11(5-6-14-7-9-19-10-8-14)1-2-12-3-4-13(20-12)15(17)18/h1-4H,5-10H2/b2-1+. The van der Waals surface area contributed by atoms with E-state index in [-0.39, 0.29) is 11.7 Å². The summed E-state index contributed by atoms with van der Waals surface area (Å²) in [6.45, 7) is 3.81. The molecule has 0 spiro atoms. The summed E-state index contributed by atoms with van der Waals surface area (Å²) in [5, 5.41) is 10.4. The number of allylic oxidation sites excluding steroid dienone is 1. The van der Waals surface area contributed by atoms with E-state index in [1.165, 1.54) is 24.3 Å². The molecule has 108 valence electrons. The quantitative estimate of drug-likeness (QED) is 0.446. The van der Waals surface area contributed by atoms with E-state index in [1.54, 1.807) is 0 Å². The molecule has 0 radical (unpaired) electrons. The molecule has 0 unspecified atom stereocenters. The van der Waals surface area contributed by atoms with Crippen LogP contribution in [0.5, 0.6) is 0 Å². The maximum atomic E-state index is 11.7. The van der Waals surface area contributed by atoms with E-state index in [0.717, 1.165) is 13.1 Å². The van der Waals surface area contributed by atoms with Crippen molar-refractivity contribution in [3.63, 3.8) is 0 Å². The van der Waals surface area contributed by atoms with Crippen LogP contribution in [0.3, 0.4) is 0 Å². The second kappa shape index (κ2) is 6.97. The number of ether oxygens (including phenoxy) is 1. The maximum Gasteiger partial charge on any atom is 0.433 e. The lowest BCUT2D eigenvalue weighted by molar-refractivity contribution is -0.402. The van der Waals surface area contributed by atoms with E-state index in [2.05, 4.69) is 4.90 Å². The van der Waals surface area contributed by atoms with E-state index in [9.17, 15) is 14.9 Å². The van der Waals surface area contributed by atoms with Crippen molar-refractivity contribution in [3.8, 4) is 0 Å². The first-order valence-corrected chi connectivity index (χ1v) is 6.40. The third kappa shape index (κ3) is 4.29. The fourth-order valence-corrected chi connectivity index (χ4v) is 1.88. The number of carbonyl (C=O) groups excluding carboxylic acids is 1. The number of furan rings is 1. The predicted octanol–water partition coefficient (Wildman–Crippen LogP) is 1.49. The Morgan fingerprint density at radius 2 is 2.15 bits per heavy atom. The van der Waals surface area contributed by atoms with E-state index in [0.29, 0.717) is 31.9 Å². The number of carbonyl (C=O) groups is 1. The van der Waals surface area contributed by atoms with Crippen molar-refractivity contribution in [1.82, 2.24) is 4.90 Å². The number of rotatable bonds is 6. The van der Waals surface area contributed by atoms with Gasteiger partial charge >= 0.3 is 5.88 Å². The van der Waals surface area contributed by atoms with Crippen molar-refractivity contribution in [2.24, 2.45) is 0 Å². The first-order valence-electron chi connectivity index (χ1n) is 6.40. The van der Waals surface area contributed by atoms with Crippen LogP contribution >= 0.6 is 0 Å². The van der Waals surface area contributed by atoms with E-state index in [4.69, 9.17) is 9.15 Å². The van der Waals surface area contributed by atoms with Gasteiger partial charge in [-0.15, -0.1) is 0 Å². The summed E-state index contributed by atoms with van der Waals surface area (Å²) in [5.41, 5.74) is 0.